The molecule has 1 heterocycles. The molecule has 0 spiro atoms. The van der Waals surface area contributed by atoms with Crippen LogP contribution in [0, 0.1) is 5.41 Å². The van der Waals surface area contributed by atoms with Gasteiger partial charge in [-0.3, -0.25) is 4.79 Å². The third-order valence-electron chi connectivity index (χ3n) is 3.89. The van der Waals surface area contributed by atoms with Gasteiger partial charge in [0.1, 0.15) is 6.10 Å². The van der Waals surface area contributed by atoms with E-state index in [0.29, 0.717) is 5.02 Å². The standard InChI is InChI=1S/C17H15ClO2/c1-17(2)14(19)9-10-20-16(17)12-7-3-5-11-6-4-8-13(18)15(11)12/h3-10,16H,1-2H3. The fourth-order valence-corrected chi connectivity index (χ4v) is 2.99. The van der Waals surface area contributed by atoms with Crippen molar-refractivity contribution >= 4 is 28.2 Å². The molecule has 2 nitrogen and oxygen atoms in total. The first kappa shape index (κ1) is 13.2. The van der Waals surface area contributed by atoms with Crippen molar-refractivity contribution in [3.8, 4) is 0 Å². The van der Waals surface area contributed by atoms with Crippen LogP contribution >= 0.6 is 11.6 Å². The number of ketones is 1. The Balaban J connectivity index is 2.25. The highest BCUT2D eigenvalue weighted by atomic mass is 35.5. The summed E-state index contributed by atoms with van der Waals surface area (Å²) in [6.07, 6.45) is 2.64. The molecule has 1 unspecified atom stereocenters. The lowest BCUT2D eigenvalue weighted by Gasteiger charge is -2.35. The van der Waals surface area contributed by atoms with Crippen LogP contribution in [0.25, 0.3) is 10.8 Å². The van der Waals surface area contributed by atoms with Crippen LogP contribution in [0.5, 0.6) is 0 Å². The van der Waals surface area contributed by atoms with Gasteiger partial charge < -0.3 is 4.74 Å². The molecule has 0 fully saturated rings. The summed E-state index contributed by atoms with van der Waals surface area (Å²) in [4.78, 5) is 12.1. The van der Waals surface area contributed by atoms with E-state index in [1.807, 2.05) is 50.2 Å². The molecule has 3 rings (SSSR count). The lowest BCUT2D eigenvalue weighted by Crippen LogP contribution is -2.34. The van der Waals surface area contributed by atoms with Crippen LogP contribution in [0.15, 0.2) is 48.7 Å². The van der Waals surface area contributed by atoms with Crippen LogP contribution in [-0.4, -0.2) is 5.78 Å². The molecule has 0 radical (unpaired) electrons. The quantitative estimate of drug-likeness (QED) is 0.761. The van der Waals surface area contributed by atoms with Crippen molar-refractivity contribution in [2.75, 3.05) is 0 Å². The van der Waals surface area contributed by atoms with Gasteiger partial charge in [0.05, 0.1) is 11.7 Å². The van der Waals surface area contributed by atoms with Gasteiger partial charge in [-0.05, 0) is 25.3 Å². The van der Waals surface area contributed by atoms with Crippen LogP contribution in [0.3, 0.4) is 0 Å². The molecular formula is C17H15ClO2. The highest BCUT2D eigenvalue weighted by molar-refractivity contribution is 6.35. The summed E-state index contributed by atoms with van der Waals surface area (Å²) < 4.78 is 5.75. The summed E-state index contributed by atoms with van der Waals surface area (Å²) in [7, 11) is 0. The lowest BCUT2D eigenvalue weighted by atomic mass is 9.76. The van der Waals surface area contributed by atoms with E-state index in [1.54, 1.807) is 0 Å². The Morgan fingerprint density at radius 3 is 2.60 bits per heavy atom. The number of fused-ring (bicyclic) bond motifs is 1. The van der Waals surface area contributed by atoms with Gasteiger partial charge in [0.2, 0.25) is 0 Å². The Hall–Kier alpha value is -1.80. The van der Waals surface area contributed by atoms with E-state index in [0.717, 1.165) is 16.3 Å². The maximum Gasteiger partial charge on any atom is 0.168 e. The van der Waals surface area contributed by atoms with Crippen LogP contribution in [0.2, 0.25) is 5.02 Å². The Bertz CT molecular complexity index is 711. The molecule has 0 saturated heterocycles. The number of hydrogen-bond acceptors (Lipinski definition) is 2. The Morgan fingerprint density at radius 1 is 1.15 bits per heavy atom. The van der Waals surface area contributed by atoms with E-state index in [2.05, 4.69) is 0 Å². The average Bonchev–Trinajstić information content (AvgIpc) is 2.42. The van der Waals surface area contributed by atoms with Gasteiger partial charge in [-0.2, -0.15) is 0 Å². The number of rotatable bonds is 1. The van der Waals surface area contributed by atoms with Gasteiger partial charge in [0, 0.05) is 22.0 Å². The van der Waals surface area contributed by atoms with Gasteiger partial charge in [-0.15, -0.1) is 0 Å². The first-order valence-electron chi connectivity index (χ1n) is 6.55. The van der Waals surface area contributed by atoms with E-state index in [-0.39, 0.29) is 11.9 Å². The second-order valence-electron chi connectivity index (χ2n) is 5.59. The Labute approximate surface area is 123 Å². The second-order valence-corrected chi connectivity index (χ2v) is 6.00. The number of hydrogen-bond donors (Lipinski definition) is 0. The minimum atomic E-state index is -0.609. The summed E-state index contributed by atoms with van der Waals surface area (Å²) in [5.41, 5.74) is 0.346. The molecule has 3 heteroatoms. The topological polar surface area (TPSA) is 26.3 Å². The predicted molar refractivity (Wildman–Crippen MR) is 80.7 cm³/mol. The molecule has 2 aromatic rings. The molecule has 1 aliphatic heterocycles. The molecule has 1 atom stereocenters. The highest BCUT2D eigenvalue weighted by Gasteiger charge is 2.40. The molecule has 0 aromatic heterocycles. The van der Waals surface area contributed by atoms with Crippen molar-refractivity contribution in [1.82, 2.24) is 0 Å². The maximum absolute atomic E-state index is 12.1. The fraction of sp³-hybridized carbons (Fsp3) is 0.235. The lowest BCUT2D eigenvalue weighted by molar-refractivity contribution is -0.131. The number of carbonyl (C=O) groups is 1. The number of benzene rings is 2. The Kier molecular flexibility index (Phi) is 3.06. The molecule has 1 aliphatic rings. The molecule has 0 bridgehead atoms. The van der Waals surface area contributed by atoms with Gasteiger partial charge >= 0.3 is 0 Å². The third kappa shape index (κ3) is 1.92. The van der Waals surface area contributed by atoms with E-state index in [9.17, 15) is 4.79 Å². The summed E-state index contributed by atoms with van der Waals surface area (Å²) in [6.45, 7) is 3.80. The molecule has 0 amide bonds. The van der Waals surface area contributed by atoms with Crippen LogP contribution in [-0.2, 0) is 9.53 Å². The Morgan fingerprint density at radius 2 is 1.85 bits per heavy atom. The minimum Gasteiger partial charge on any atom is -0.492 e. The van der Waals surface area contributed by atoms with Gasteiger partial charge in [-0.25, -0.2) is 0 Å². The monoisotopic (exact) mass is 286 g/mol. The smallest absolute Gasteiger partial charge is 0.168 e. The van der Waals surface area contributed by atoms with Crippen molar-refractivity contribution < 1.29 is 9.53 Å². The SMILES string of the molecule is CC1(C)C(=O)C=COC1c1cccc2cccc(Cl)c12. The van der Waals surface area contributed by atoms with Gasteiger partial charge in [0.25, 0.3) is 0 Å². The highest BCUT2D eigenvalue weighted by Crippen LogP contribution is 2.44. The first-order chi connectivity index (χ1) is 9.51. The third-order valence-corrected chi connectivity index (χ3v) is 4.21. The number of ether oxygens (including phenoxy) is 1. The molecular weight excluding hydrogens is 272 g/mol. The number of halogens is 1. The molecule has 20 heavy (non-hydrogen) atoms. The van der Waals surface area contributed by atoms with Crippen molar-refractivity contribution in [1.29, 1.82) is 0 Å². The normalized spacial score (nSPS) is 20.9. The number of allylic oxidation sites excluding steroid dienone is 1. The zero-order valence-corrected chi connectivity index (χ0v) is 12.1. The van der Waals surface area contributed by atoms with E-state index in [4.69, 9.17) is 16.3 Å². The zero-order valence-electron chi connectivity index (χ0n) is 11.4. The van der Waals surface area contributed by atoms with Crippen LogP contribution in [0.4, 0.5) is 0 Å². The first-order valence-corrected chi connectivity index (χ1v) is 6.93. The molecule has 0 aliphatic carbocycles. The van der Waals surface area contributed by atoms with Crippen molar-refractivity contribution in [2.24, 2.45) is 5.41 Å². The van der Waals surface area contributed by atoms with Crippen molar-refractivity contribution in [3.63, 3.8) is 0 Å². The second kappa shape index (κ2) is 4.64. The largest absolute Gasteiger partial charge is 0.492 e. The van der Waals surface area contributed by atoms with Crippen molar-refractivity contribution in [3.05, 3.63) is 59.3 Å². The molecule has 102 valence electrons. The van der Waals surface area contributed by atoms with E-state index < -0.39 is 5.41 Å². The van der Waals surface area contributed by atoms with Crippen LogP contribution in [0.1, 0.15) is 25.5 Å². The molecule has 0 saturated carbocycles. The van der Waals surface area contributed by atoms with E-state index >= 15 is 0 Å². The maximum atomic E-state index is 12.1. The average molecular weight is 287 g/mol. The number of carbonyl (C=O) groups excluding carboxylic acids is 1. The fourth-order valence-electron chi connectivity index (χ4n) is 2.70. The van der Waals surface area contributed by atoms with Crippen molar-refractivity contribution in [2.45, 2.75) is 20.0 Å². The summed E-state index contributed by atoms with van der Waals surface area (Å²) >= 11 is 6.35. The molecule has 0 N–H and O–H groups in total. The van der Waals surface area contributed by atoms with Crippen LogP contribution < -0.4 is 0 Å². The molecule has 2 aromatic carbocycles. The van der Waals surface area contributed by atoms with Gasteiger partial charge in [-0.1, -0.05) is 41.9 Å². The minimum absolute atomic E-state index is 0.0674. The summed E-state index contributed by atoms with van der Waals surface area (Å²) in [6, 6.07) is 11.8. The van der Waals surface area contributed by atoms with E-state index in [1.165, 1.54) is 12.3 Å². The van der Waals surface area contributed by atoms with Gasteiger partial charge in [0.15, 0.2) is 5.78 Å². The summed E-state index contributed by atoms with van der Waals surface area (Å²) in [5, 5.41) is 2.69. The summed E-state index contributed by atoms with van der Waals surface area (Å²) in [5.74, 6) is 0.0674. The zero-order chi connectivity index (χ0) is 14.3. The predicted octanol–water partition coefficient (Wildman–Crippen LogP) is 4.67.